The molecule has 1 atom stereocenters. The van der Waals surface area contributed by atoms with Crippen LogP contribution in [0.4, 0.5) is 5.69 Å². The molecule has 0 saturated carbocycles. The zero-order valence-electron chi connectivity index (χ0n) is 11.3. The maximum atomic E-state index is 10.6. The molecule has 7 nitrogen and oxygen atoms in total. The molecule has 2 aromatic heterocycles. The number of oxazole rings is 1. The van der Waals surface area contributed by atoms with Gasteiger partial charge in [-0.2, -0.15) is 5.10 Å². The van der Waals surface area contributed by atoms with E-state index >= 15 is 0 Å². The Morgan fingerprint density at radius 2 is 2.11 bits per heavy atom. The maximum Gasteiger partial charge on any atom is 0.307 e. The monoisotopic (exact) mass is 264 g/mol. The highest BCUT2D eigenvalue weighted by Crippen LogP contribution is 2.26. The summed E-state index contributed by atoms with van der Waals surface area (Å²) in [5.74, 6) is 1.26. The van der Waals surface area contributed by atoms with E-state index in [4.69, 9.17) is 4.42 Å². The van der Waals surface area contributed by atoms with Crippen LogP contribution in [0.25, 0.3) is 0 Å². The standard InChI is InChI=1S/C12H16N4O3/c1-8(15-7-9(5-14-15)16(17)18)11-13-6-10(19-11)12(2,3)4/h5-8H,1-4H3/t8-/m0/s1. The van der Waals surface area contributed by atoms with E-state index in [9.17, 15) is 10.1 Å². The third-order valence-electron chi connectivity index (χ3n) is 2.82. The van der Waals surface area contributed by atoms with Crippen LogP contribution in [0.15, 0.2) is 23.0 Å². The minimum Gasteiger partial charge on any atom is -0.443 e. The van der Waals surface area contributed by atoms with Crippen molar-refractivity contribution in [3.63, 3.8) is 0 Å². The molecule has 0 aliphatic heterocycles. The second-order valence-electron chi connectivity index (χ2n) is 5.42. The van der Waals surface area contributed by atoms with Gasteiger partial charge in [0.15, 0.2) is 0 Å². The largest absolute Gasteiger partial charge is 0.443 e. The quantitative estimate of drug-likeness (QED) is 0.628. The average Bonchev–Trinajstić information content (AvgIpc) is 2.97. The molecule has 102 valence electrons. The van der Waals surface area contributed by atoms with Crippen LogP contribution in [0.1, 0.15) is 45.4 Å². The van der Waals surface area contributed by atoms with E-state index in [0.717, 1.165) is 5.76 Å². The van der Waals surface area contributed by atoms with Gasteiger partial charge in [-0.25, -0.2) is 4.98 Å². The Morgan fingerprint density at radius 3 is 2.58 bits per heavy atom. The van der Waals surface area contributed by atoms with Crippen LogP contribution in [0.2, 0.25) is 0 Å². The summed E-state index contributed by atoms with van der Waals surface area (Å²) < 4.78 is 7.16. The molecule has 0 N–H and O–H groups in total. The second kappa shape index (κ2) is 4.49. The fourth-order valence-electron chi connectivity index (χ4n) is 1.57. The Morgan fingerprint density at radius 1 is 1.42 bits per heavy atom. The molecule has 0 aromatic carbocycles. The van der Waals surface area contributed by atoms with Crippen molar-refractivity contribution in [3.8, 4) is 0 Å². The highest BCUT2D eigenvalue weighted by molar-refractivity contribution is 5.21. The summed E-state index contributed by atoms with van der Waals surface area (Å²) >= 11 is 0. The molecule has 0 amide bonds. The first-order chi connectivity index (χ1) is 8.79. The van der Waals surface area contributed by atoms with Gasteiger partial charge in [-0.15, -0.1) is 0 Å². The van der Waals surface area contributed by atoms with Crippen molar-refractivity contribution in [3.05, 3.63) is 40.4 Å². The SMILES string of the molecule is C[C@@H](c1ncc(C(C)(C)C)o1)n1cc([N+](=O)[O-])cn1. The van der Waals surface area contributed by atoms with Gasteiger partial charge in [0.25, 0.3) is 0 Å². The van der Waals surface area contributed by atoms with Crippen LogP contribution in [0, 0.1) is 10.1 Å². The maximum absolute atomic E-state index is 10.6. The molecule has 0 saturated heterocycles. The number of nitrogens with zero attached hydrogens (tertiary/aromatic N) is 4. The van der Waals surface area contributed by atoms with Crippen molar-refractivity contribution in [2.24, 2.45) is 0 Å². The minimum absolute atomic E-state index is 0.0468. The lowest BCUT2D eigenvalue weighted by Gasteiger charge is -2.14. The van der Waals surface area contributed by atoms with Gasteiger partial charge in [-0.3, -0.25) is 14.8 Å². The fraction of sp³-hybridized carbons (Fsp3) is 0.500. The van der Waals surface area contributed by atoms with E-state index < -0.39 is 4.92 Å². The van der Waals surface area contributed by atoms with Crippen LogP contribution in [-0.4, -0.2) is 19.7 Å². The molecule has 0 aliphatic rings. The summed E-state index contributed by atoms with van der Waals surface area (Å²) in [7, 11) is 0. The highest BCUT2D eigenvalue weighted by atomic mass is 16.6. The Labute approximate surface area is 110 Å². The molecule has 0 aliphatic carbocycles. The van der Waals surface area contributed by atoms with Gasteiger partial charge >= 0.3 is 5.69 Å². The molecule has 2 aromatic rings. The summed E-state index contributed by atoms with van der Waals surface area (Å²) in [6, 6.07) is -0.287. The summed E-state index contributed by atoms with van der Waals surface area (Å²) in [5, 5.41) is 14.6. The fourth-order valence-corrected chi connectivity index (χ4v) is 1.57. The van der Waals surface area contributed by atoms with Crippen LogP contribution in [0.5, 0.6) is 0 Å². The van der Waals surface area contributed by atoms with Crippen LogP contribution < -0.4 is 0 Å². The van der Waals surface area contributed by atoms with Gasteiger partial charge in [0.2, 0.25) is 5.89 Å². The number of rotatable bonds is 3. The lowest BCUT2D eigenvalue weighted by Crippen LogP contribution is -2.10. The molecular formula is C12H16N4O3. The predicted octanol–water partition coefficient (Wildman–Crippen LogP) is 2.69. The van der Waals surface area contributed by atoms with E-state index in [0.29, 0.717) is 5.89 Å². The van der Waals surface area contributed by atoms with Gasteiger partial charge in [0.1, 0.15) is 24.2 Å². The van der Waals surface area contributed by atoms with E-state index in [1.165, 1.54) is 17.1 Å². The normalized spacial score (nSPS) is 13.5. The van der Waals surface area contributed by atoms with Crippen molar-refractivity contribution in [1.29, 1.82) is 0 Å². The Hall–Kier alpha value is -2.18. The van der Waals surface area contributed by atoms with Crippen molar-refractivity contribution in [1.82, 2.24) is 14.8 Å². The topological polar surface area (TPSA) is 87.0 Å². The summed E-state index contributed by atoms with van der Waals surface area (Å²) in [4.78, 5) is 14.4. The zero-order valence-corrected chi connectivity index (χ0v) is 11.3. The highest BCUT2D eigenvalue weighted by Gasteiger charge is 2.23. The third-order valence-corrected chi connectivity index (χ3v) is 2.82. The van der Waals surface area contributed by atoms with E-state index in [2.05, 4.69) is 10.1 Å². The Balaban J connectivity index is 2.26. The first kappa shape index (κ1) is 13.3. The minimum atomic E-state index is -0.480. The molecule has 19 heavy (non-hydrogen) atoms. The summed E-state index contributed by atoms with van der Waals surface area (Å²) in [6.45, 7) is 7.91. The smallest absolute Gasteiger partial charge is 0.307 e. The zero-order chi connectivity index (χ0) is 14.2. The van der Waals surface area contributed by atoms with Crippen molar-refractivity contribution in [2.75, 3.05) is 0 Å². The molecule has 0 fully saturated rings. The number of aromatic nitrogens is 3. The molecule has 7 heteroatoms. The number of hydrogen-bond acceptors (Lipinski definition) is 5. The van der Waals surface area contributed by atoms with Crippen LogP contribution in [0.3, 0.4) is 0 Å². The molecule has 2 heterocycles. The van der Waals surface area contributed by atoms with E-state index in [1.807, 2.05) is 27.7 Å². The molecular weight excluding hydrogens is 248 g/mol. The van der Waals surface area contributed by atoms with Gasteiger partial charge in [-0.1, -0.05) is 20.8 Å². The van der Waals surface area contributed by atoms with Gasteiger partial charge in [0.05, 0.1) is 11.1 Å². The third kappa shape index (κ3) is 2.64. The van der Waals surface area contributed by atoms with Crippen molar-refractivity contribution >= 4 is 5.69 Å². The Bertz CT molecular complexity index is 594. The molecule has 2 rings (SSSR count). The summed E-state index contributed by atoms with van der Waals surface area (Å²) in [6.07, 6.45) is 4.26. The van der Waals surface area contributed by atoms with E-state index in [-0.39, 0.29) is 17.1 Å². The van der Waals surface area contributed by atoms with Gasteiger partial charge in [-0.05, 0) is 6.92 Å². The number of nitro groups is 1. The first-order valence-electron chi connectivity index (χ1n) is 5.94. The second-order valence-corrected chi connectivity index (χ2v) is 5.42. The first-order valence-corrected chi connectivity index (χ1v) is 5.94. The number of hydrogen-bond donors (Lipinski definition) is 0. The van der Waals surface area contributed by atoms with Crippen LogP contribution in [-0.2, 0) is 5.41 Å². The van der Waals surface area contributed by atoms with Gasteiger partial charge < -0.3 is 4.42 Å². The summed E-state index contributed by atoms with van der Waals surface area (Å²) in [5.41, 5.74) is -0.171. The molecule has 0 bridgehead atoms. The lowest BCUT2D eigenvalue weighted by atomic mass is 9.94. The molecule has 0 spiro atoms. The molecule has 0 unspecified atom stereocenters. The lowest BCUT2D eigenvalue weighted by molar-refractivity contribution is -0.385. The molecule has 0 radical (unpaired) electrons. The van der Waals surface area contributed by atoms with Crippen LogP contribution >= 0.6 is 0 Å². The van der Waals surface area contributed by atoms with Crippen molar-refractivity contribution in [2.45, 2.75) is 39.2 Å². The average molecular weight is 264 g/mol. The van der Waals surface area contributed by atoms with Gasteiger partial charge in [0, 0.05) is 5.41 Å². The predicted molar refractivity (Wildman–Crippen MR) is 67.9 cm³/mol. The Kier molecular flexibility index (Phi) is 3.13. The van der Waals surface area contributed by atoms with E-state index in [1.54, 1.807) is 6.20 Å². The van der Waals surface area contributed by atoms with Crippen molar-refractivity contribution < 1.29 is 9.34 Å².